The first-order valence-corrected chi connectivity index (χ1v) is 8.68. The summed E-state index contributed by atoms with van der Waals surface area (Å²) in [5, 5.41) is 0. The van der Waals surface area contributed by atoms with Gasteiger partial charge in [-0.3, -0.25) is 0 Å². The Balaban J connectivity index is 0.00000220. The van der Waals surface area contributed by atoms with Crippen molar-refractivity contribution in [2.45, 2.75) is 58.0 Å². The largest absolute Gasteiger partial charge is 1.00 e. The number of ether oxygens (including phenoxy) is 1. The average Bonchev–Trinajstić information content (AvgIpc) is 2.68. The van der Waals surface area contributed by atoms with Crippen LogP contribution in [0.25, 0.3) is 0 Å². The van der Waals surface area contributed by atoms with Crippen molar-refractivity contribution in [1.29, 1.82) is 0 Å². The van der Waals surface area contributed by atoms with Crippen LogP contribution in [0.1, 0.15) is 47.5 Å². The third kappa shape index (κ3) is 5.58. The Hall–Kier alpha value is 0.564. The number of allylic oxidation sites excluding steroid dienone is 5. The standard InChI is InChI=1S/C17H23OS.2ClH.Ti/c1-13-10-11-17(14(2)12-13,18-16(3,4)5)19-15-8-6-7-9-15;;;/h6,8,10,12H,7,11H2,1-5H3;2*1H;/q;;;+2/p-2. The molecule has 121 valence electrons. The molecule has 0 aromatic rings. The van der Waals surface area contributed by atoms with Crippen LogP contribution in [-0.4, -0.2) is 10.5 Å². The molecule has 5 heteroatoms. The van der Waals surface area contributed by atoms with Gasteiger partial charge >= 0.3 is 139 Å². The van der Waals surface area contributed by atoms with Gasteiger partial charge in [0.15, 0.2) is 0 Å². The minimum Gasteiger partial charge on any atom is -1.00 e. The van der Waals surface area contributed by atoms with Gasteiger partial charge in [-0.15, -0.1) is 0 Å². The van der Waals surface area contributed by atoms with Crippen LogP contribution in [0.2, 0.25) is 0 Å². The van der Waals surface area contributed by atoms with Crippen LogP contribution in [0.4, 0.5) is 0 Å². The molecular weight excluding hydrogens is 371 g/mol. The first-order chi connectivity index (χ1) is 9.22. The summed E-state index contributed by atoms with van der Waals surface area (Å²) in [5.41, 5.74) is 2.50. The Labute approximate surface area is 163 Å². The number of thioether (sulfide) groups is 1. The van der Waals surface area contributed by atoms with Crippen LogP contribution >= 0.6 is 11.8 Å². The summed E-state index contributed by atoms with van der Waals surface area (Å²) < 4.78 is 7.97. The second kappa shape index (κ2) is 8.60. The molecule has 0 radical (unpaired) electrons. The van der Waals surface area contributed by atoms with E-state index >= 15 is 0 Å². The third-order valence-corrected chi connectivity index (χ3v) is 5.90. The summed E-state index contributed by atoms with van der Waals surface area (Å²) in [7, 11) is 0. The van der Waals surface area contributed by atoms with E-state index in [1.54, 1.807) is 0 Å². The predicted octanol–water partition coefficient (Wildman–Crippen LogP) is -0.746. The fourth-order valence-corrected chi connectivity index (χ4v) is 4.44. The van der Waals surface area contributed by atoms with Gasteiger partial charge in [0.05, 0.1) is 0 Å². The number of hydrogen-bond donors (Lipinski definition) is 0. The van der Waals surface area contributed by atoms with Crippen molar-refractivity contribution >= 4 is 11.8 Å². The van der Waals surface area contributed by atoms with Crippen LogP contribution in [0.3, 0.4) is 0 Å². The van der Waals surface area contributed by atoms with E-state index in [0.29, 0.717) is 0 Å². The molecule has 0 fully saturated rings. The van der Waals surface area contributed by atoms with Gasteiger partial charge in [0.25, 0.3) is 0 Å². The van der Waals surface area contributed by atoms with Gasteiger partial charge in [-0.05, 0) is 0 Å². The molecule has 0 aromatic heterocycles. The predicted molar refractivity (Wildman–Crippen MR) is 84.1 cm³/mol. The first-order valence-electron chi connectivity index (χ1n) is 7.08. The zero-order valence-electron chi connectivity index (χ0n) is 13.8. The van der Waals surface area contributed by atoms with Crippen LogP contribution in [-0.2, 0) is 25.2 Å². The molecule has 1 atom stereocenters. The minimum absolute atomic E-state index is 0. The van der Waals surface area contributed by atoms with Gasteiger partial charge in [0.2, 0.25) is 0 Å². The van der Waals surface area contributed by atoms with Crippen LogP contribution < -0.4 is 24.8 Å². The van der Waals surface area contributed by atoms with E-state index in [9.17, 15) is 0 Å². The number of rotatable bonds is 3. The van der Waals surface area contributed by atoms with Gasteiger partial charge in [-0.1, -0.05) is 0 Å². The molecule has 0 bridgehead atoms. The quantitative estimate of drug-likeness (QED) is 0.461. The van der Waals surface area contributed by atoms with Crippen molar-refractivity contribution < 1.29 is 50.0 Å². The Morgan fingerprint density at radius 2 is 1.86 bits per heavy atom. The molecule has 0 saturated carbocycles. The zero-order valence-corrected chi connectivity index (χ0v) is 17.7. The number of halogens is 2. The van der Waals surface area contributed by atoms with Gasteiger partial charge in [0, 0.05) is 0 Å². The van der Waals surface area contributed by atoms with Crippen molar-refractivity contribution in [1.82, 2.24) is 0 Å². The summed E-state index contributed by atoms with van der Waals surface area (Å²) in [4.78, 5) is 1.11. The minimum atomic E-state index is -0.261. The molecule has 22 heavy (non-hydrogen) atoms. The Kier molecular flexibility index (Phi) is 8.82. The molecule has 0 N–H and O–H groups in total. The Morgan fingerprint density at radius 3 is 2.32 bits per heavy atom. The van der Waals surface area contributed by atoms with Gasteiger partial charge < -0.3 is 24.8 Å². The molecule has 0 amide bonds. The molecule has 2 aliphatic carbocycles. The van der Waals surface area contributed by atoms with Gasteiger partial charge in [-0.25, -0.2) is 0 Å². The van der Waals surface area contributed by atoms with E-state index in [0.717, 1.165) is 12.8 Å². The molecule has 1 nitrogen and oxygen atoms in total. The summed E-state index contributed by atoms with van der Waals surface area (Å²) in [6.07, 6.45) is 11.0. The van der Waals surface area contributed by atoms with Crippen molar-refractivity contribution in [3.05, 3.63) is 44.2 Å². The molecule has 2 rings (SSSR count). The summed E-state index contributed by atoms with van der Waals surface area (Å²) in [5.74, 6) is 0. The van der Waals surface area contributed by atoms with E-state index in [2.05, 4.69) is 79.4 Å². The van der Waals surface area contributed by atoms with Crippen LogP contribution in [0, 0.1) is 0 Å². The van der Waals surface area contributed by atoms with E-state index in [-0.39, 0.29) is 35.3 Å². The normalized spacial score (nSPS) is 24.5. The van der Waals surface area contributed by atoms with Gasteiger partial charge in [-0.2, -0.15) is 0 Å². The Morgan fingerprint density at radius 1 is 1.23 bits per heavy atom. The maximum absolute atomic E-state index is 6.52. The fourth-order valence-electron chi connectivity index (χ4n) is 2.48. The van der Waals surface area contributed by atoms with Crippen molar-refractivity contribution in [2.75, 3.05) is 0 Å². The van der Waals surface area contributed by atoms with Crippen LogP contribution in [0.15, 0.2) is 44.2 Å². The third-order valence-electron chi connectivity index (χ3n) is 3.37. The van der Waals surface area contributed by atoms with E-state index in [1.807, 2.05) is 11.8 Å². The topological polar surface area (TPSA) is 9.23 Å². The smallest absolute Gasteiger partial charge is 1.00 e. The van der Waals surface area contributed by atoms with Crippen molar-refractivity contribution in [2.24, 2.45) is 0 Å². The number of hydrogen-bond acceptors (Lipinski definition) is 2. The molecule has 0 aromatic carbocycles. The first kappa shape index (κ1) is 22.6. The molecule has 2 aliphatic rings. The van der Waals surface area contributed by atoms with E-state index in [4.69, 9.17) is 4.74 Å². The van der Waals surface area contributed by atoms with Crippen molar-refractivity contribution in [3.8, 4) is 0 Å². The molecule has 0 spiro atoms. The van der Waals surface area contributed by atoms with Crippen LogP contribution in [0.5, 0.6) is 0 Å². The summed E-state index contributed by atoms with van der Waals surface area (Å²) >= 11 is 4.10. The molecule has 0 aliphatic heterocycles. The van der Waals surface area contributed by atoms with E-state index in [1.165, 1.54) is 19.9 Å². The molecule has 0 heterocycles. The summed E-state index contributed by atoms with van der Waals surface area (Å²) in [6, 6.07) is 0. The second-order valence-electron chi connectivity index (χ2n) is 6.50. The molecular formula is C17H23Cl2OSTi. The monoisotopic (exact) mass is 393 g/mol. The molecule has 0 saturated heterocycles. The van der Waals surface area contributed by atoms with Gasteiger partial charge in [0.1, 0.15) is 0 Å². The maximum atomic E-state index is 6.52. The average molecular weight is 394 g/mol. The maximum Gasteiger partial charge on any atom is -1.00 e. The Bertz CT molecular complexity index is 529. The fraction of sp³-hybridized carbons (Fsp3) is 0.529. The second-order valence-corrected chi connectivity index (χ2v) is 8.74. The van der Waals surface area contributed by atoms with E-state index < -0.39 is 0 Å². The summed E-state index contributed by atoms with van der Waals surface area (Å²) in [6.45, 7) is 10.8. The van der Waals surface area contributed by atoms with Crippen molar-refractivity contribution in [3.63, 3.8) is 0 Å². The zero-order chi connectivity index (χ0) is 15.0. The molecule has 1 unspecified atom stereocenters. The SMILES string of the molecule is CC1=CCC(OC(C)(C)C)(SC2=[C]([Ti+2])CC=C2)C(C)=C1.[Cl-].[Cl-].